The van der Waals surface area contributed by atoms with Gasteiger partial charge in [0.1, 0.15) is 12.3 Å². The highest BCUT2D eigenvalue weighted by molar-refractivity contribution is 5.92. The number of H-pyrrole nitrogens is 1. The Labute approximate surface area is 120 Å². The first kappa shape index (κ1) is 14.6. The lowest BCUT2D eigenvalue weighted by atomic mass is 10.3. The summed E-state index contributed by atoms with van der Waals surface area (Å²) in [6.07, 6.45) is 1.27. The summed E-state index contributed by atoms with van der Waals surface area (Å²) in [6.45, 7) is 2.13. The van der Waals surface area contributed by atoms with Gasteiger partial charge in [0.15, 0.2) is 0 Å². The molecule has 0 saturated heterocycles. The Bertz CT molecular complexity index is 748. The molecule has 2 aromatic rings. The molecule has 1 amide bonds. The molecule has 1 aromatic heterocycles. The van der Waals surface area contributed by atoms with Crippen LogP contribution in [0.2, 0.25) is 0 Å². The Morgan fingerprint density at radius 3 is 2.76 bits per heavy atom. The lowest BCUT2D eigenvalue weighted by molar-refractivity contribution is -0.116. The molecule has 0 unspecified atom stereocenters. The molecule has 1 heterocycles. The molecule has 1 aromatic carbocycles. The second-order valence-corrected chi connectivity index (χ2v) is 4.22. The molecule has 2 rings (SSSR count). The zero-order valence-corrected chi connectivity index (χ0v) is 11.5. The van der Waals surface area contributed by atoms with Crippen LogP contribution in [0, 0.1) is 0 Å². The second kappa shape index (κ2) is 6.56. The summed E-state index contributed by atoms with van der Waals surface area (Å²) in [7, 11) is 0. The first-order chi connectivity index (χ1) is 10.1. The maximum atomic E-state index is 12.0. The molecule has 7 heteroatoms. The maximum absolute atomic E-state index is 12.0. The standard InChI is InChI=1S/C14H15N3O4/c1-2-21-11-6-4-3-5-10(11)15-13(19)9-17-8-7-12(18)16-14(17)20/h3-8H,2,9H2,1H3,(H,15,19)(H,16,18,20). The van der Waals surface area contributed by atoms with E-state index in [0.29, 0.717) is 18.0 Å². The van der Waals surface area contributed by atoms with Crippen LogP contribution in [-0.4, -0.2) is 22.1 Å². The van der Waals surface area contributed by atoms with Gasteiger partial charge in [-0.15, -0.1) is 0 Å². The molecule has 0 bridgehead atoms. The number of carbonyl (C=O) groups excluding carboxylic acids is 1. The highest BCUT2D eigenvalue weighted by atomic mass is 16.5. The molecule has 0 aliphatic heterocycles. The van der Waals surface area contributed by atoms with Crippen molar-refractivity contribution in [1.29, 1.82) is 0 Å². The van der Waals surface area contributed by atoms with E-state index in [0.717, 1.165) is 4.57 Å². The fourth-order valence-corrected chi connectivity index (χ4v) is 1.76. The van der Waals surface area contributed by atoms with Crippen molar-refractivity contribution in [2.24, 2.45) is 0 Å². The smallest absolute Gasteiger partial charge is 0.328 e. The Morgan fingerprint density at radius 1 is 1.29 bits per heavy atom. The minimum absolute atomic E-state index is 0.198. The zero-order valence-electron chi connectivity index (χ0n) is 11.5. The van der Waals surface area contributed by atoms with Crippen molar-refractivity contribution >= 4 is 11.6 Å². The Morgan fingerprint density at radius 2 is 2.05 bits per heavy atom. The largest absolute Gasteiger partial charge is 0.492 e. The third kappa shape index (κ3) is 3.82. The molecule has 2 N–H and O–H groups in total. The SMILES string of the molecule is CCOc1ccccc1NC(=O)Cn1ccc(=O)[nH]c1=O. The van der Waals surface area contributed by atoms with Crippen LogP contribution in [-0.2, 0) is 11.3 Å². The molecule has 110 valence electrons. The van der Waals surface area contributed by atoms with E-state index in [-0.39, 0.29) is 6.54 Å². The first-order valence-corrected chi connectivity index (χ1v) is 6.41. The molecule has 21 heavy (non-hydrogen) atoms. The predicted octanol–water partition coefficient (Wildman–Crippen LogP) is 0.574. The van der Waals surface area contributed by atoms with Crippen LogP contribution in [0.3, 0.4) is 0 Å². The summed E-state index contributed by atoms with van der Waals surface area (Å²) >= 11 is 0. The summed E-state index contributed by atoms with van der Waals surface area (Å²) in [5, 5.41) is 2.67. The van der Waals surface area contributed by atoms with Crippen LogP contribution < -0.4 is 21.3 Å². The highest BCUT2D eigenvalue weighted by Gasteiger charge is 2.08. The second-order valence-electron chi connectivity index (χ2n) is 4.22. The predicted molar refractivity (Wildman–Crippen MR) is 77.6 cm³/mol. The fourth-order valence-electron chi connectivity index (χ4n) is 1.76. The zero-order chi connectivity index (χ0) is 15.2. The Balaban J connectivity index is 2.12. The first-order valence-electron chi connectivity index (χ1n) is 6.41. The number of amides is 1. The monoisotopic (exact) mass is 289 g/mol. The summed E-state index contributed by atoms with van der Waals surface area (Å²) in [6, 6.07) is 8.20. The Kier molecular flexibility index (Phi) is 4.55. The Hall–Kier alpha value is -2.83. The van der Waals surface area contributed by atoms with Gasteiger partial charge in [-0.3, -0.25) is 19.1 Å². The number of nitrogens with one attached hydrogen (secondary N) is 2. The number of hydrogen-bond acceptors (Lipinski definition) is 4. The number of anilines is 1. The number of para-hydroxylation sites is 2. The molecule has 0 radical (unpaired) electrons. The van der Waals surface area contributed by atoms with E-state index in [4.69, 9.17) is 4.74 Å². The minimum atomic E-state index is -0.629. The average Bonchev–Trinajstić information content (AvgIpc) is 2.44. The molecule has 0 aliphatic carbocycles. The van der Waals surface area contributed by atoms with Crippen LogP contribution in [0.4, 0.5) is 5.69 Å². The van der Waals surface area contributed by atoms with E-state index in [1.807, 2.05) is 6.92 Å². The third-order valence-electron chi connectivity index (χ3n) is 2.67. The van der Waals surface area contributed by atoms with Crippen molar-refractivity contribution in [3.05, 3.63) is 57.4 Å². The number of benzene rings is 1. The van der Waals surface area contributed by atoms with Crippen molar-refractivity contribution in [1.82, 2.24) is 9.55 Å². The lowest BCUT2D eigenvalue weighted by Crippen LogP contribution is -2.32. The van der Waals surface area contributed by atoms with Gasteiger partial charge in [-0.05, 0) is 19.1 Å². The molecule has 7 nitrogen and oxygen atoms in total. The van der Waals surface area contributed by atoms with E-state index in [1.54, 1.807) is 24.3 Å². The fraction of sp³-hybridized carbons (Fsp3) is 0.214. The molecule has 0 atom stereocenters. The molecule has 0 saturated carbocycles. The number of ether oxygens (including phenoxy) is 1. The normalized spacial score (nSPS) is 10.1. The van der Waals surface area contributed by atoms with E-state index in [1.165, 1.54) is 12.3 Å². The van der Waals surface area contributed by atoms with Crippen LogP contribution in [0.5, 0.6) is 5.75 Å². The van der Waals surface area contributed by atoms with E-state index in [9.17, 15) is 14.4 Å². The van der Waals surface area contributed by atoms with Gasteiger partial charge in [0.25, 0.3) is 5.56 Å². The quantitative estimate of drug-likeness (QED) is 0.841. The average molecular weight is 289 g/mol. The number of nitrogens with zero attached hydrogens (tertiary/aromatic N) is 1. The summed E-state index contributed by atoms with van der Waals surface area (Å²) in [5.41, 5.74) is -0.601. The number of rotatable bonds is 5. The number of aromatic nitrogens is 2. The highest BCUT2D eigenvalue weighted by Crippen LogP contribution is 2.23. The van der Waals surface area contributed by atoms with Crippen LogP contribution in [0.1, 0.15) is 6.92 Å². The van der Waals surface area contributed by atoms with Crippen molar-refractivity contribution in [2.45, 2.75) is 13.5 Å². The number of carbonyl (C=O) groups is 1. The molecule has 0 spiro atoms. The lowest BCUT2D eigenvalue weighted by Gasteiger charge is -2.11. The molecule has 0 fully saturated rings. The summed E-state index contributed by atoms with van der Waals surface area (Å²) < 4.78 is 6.51. The van der Waals surface area contributed by atoms with Crippen molar-refractivity contribution in [3.63, 3.8) is 0 Å². The van der Waals surface area contributed by atoms with Crippen molar-refractivity contribution in [3.8, 4) is 5.75 Å². The van der Waals surface area contributed by atoms with Gasteiger partial charge in [-0.1, -0.05) is 12.1 Å². The summed E-state index contributed by atoms with van der Waals surface area (Å²) in [5.74, 6) is 0.165. The van der Waals surface area contributed by atoms with Gasteiger partial charge in [0.05, 0.1) is 12.3 Å². The van der Waals surface area contributed by atoms with Gasteiger partial charge < -0.3 is 10.1 Å². The van der Waals surface area contributed by atoms with Crippen LogP contribution in [0.25, 0.3) is 0 Å². The van der Waals surface area contributed by atoms with Gasteiger partial charge in [-0.2, -0.15) is 0 Å². The van der Waals surface area contributed by atoms with Gasteiger partial charge in [0.2, 0.25) is 5.91 Å². The minimum Gasteiger partial charge on any atom is -0.492 e. The maximum Gasteiger partial charge on any atom is 0.328 e. The van der Waals surface area contributed by atoms with Crippen LogP contribution >= 0.6 is 0 Å². The van der Waals surface area contributed by atoms with E-state index < -0.39 is 17.2 Å². The van der Waals surface area contributed by atoms with Crippen molar-refractivity contribution in [2.75, 3.05) is 11.9 Å². The third-order valence-corrected chi connectivity index (χ3v) is 2.67. The van der Waals surface area contributed by atoms with Gasteiger partial charge >= 0.3 is 5.69 Å². The topological polar surface area (TPSA) is 93.2 Å². The summed E-state index contributed by atoms with van der Waals surface area (Å²) in [4.78, 5) is 36.5. The van der Waals surface area contributed by atoms with Gasteiger partial charge in [-0.25, -0.2) is 4.79 Å². The molecular formula is C14H15N3O4. The van der Waals surface area contributed by atoms with Gasteiger partial charge in [0, 0.05) is 12.3 Å². The number of aromatic amines is 1. The van der Waals surface area contributed by atoms with Crippen LogP contribution in [0.15, 0.2) is 46.1 Å². The van der Waals surface area contributed by atoms with Crippen molar-refractivity contribution < 1.29 is 9.53 Å². The molecule has 0 aliphatic rings. The molecular weight excluding hydrogens is 274 g/mol. The van der Waals surface area contributed by atoms with E-state index >= 15 is 0 Å². The van der Waals surface area contributed by atoms with E-state index in [2.05, 4.69) is 10.3 Å². The number of hydrogen-bond donors (Lipinski definition) is 2.